The largest absolute Gasteiger partial charge is 0.484 e. The molecule has 0 bridgehead atoms. The summed E-state index contributed by atoms with van der Waals surface area (Å²) >= 11 is 1.89. The molecule has 1 saturated carbocycles. The SMILES string of the molecule is CC(NC(=O)CC1CSCCN1)c1ccc(OCC(=O)NC2CC2)cc1.Cl. The summed E-state index contributed by atoms with van der Waals surface area (Å²) in [6, 6.07) is 8.06. The predicted octanol–water partition coefficient (Wildman–Crippen LogP) is 2.04. The van der Waals surface area contributed by atoms with Gasteiger partial charge >= 0.3 is 0 Å². The Kier molecular flexibility index (Phi) is 8.73. The number of rotatable bonds is 8. The van der Waals surface area contributed by atoms with Crippen LogP contribution < -0.4 is 20.7 Å². The fourth-order valence-corrected chi connectivity index (χ4v) is 3.81. The molecule has 27 heavy (non-hydrogen) atoms. The fourth-order valence-electron chi connectivity index (χ4n) is 2.86. The first-order valence-corrected chi connectivity index (χ1v) is 10.4. The van der Waals surface area contributed by atoms with Crippen molar-refractivity contribution in [3.63, 3.8) is 0 Å². The van der Waals surface area contributed by atoms with Crippen molar-refractivity contribution in [2.45, 2.75) is 44.3 Å². The average molecular weight is 414 g/mol. The van der Waals surface area contributed by atoms with E-state index in [9.17, 15) is 9.59 Å². The highest BCUT2D eigenvalue weighted by Gasteiger charge is 2.23. The van der Waals surface area contributed by atoms with E-state index in [1.54, 1.807) is 0 Å². The molecular weight excluding hydrogens is 386 g/mol. The summed E-state index contributed by atoms with van der Waals surface area (Å²) in [5, 5.41) is 9.32. The molecule has 2 unspecified atom stereocenters. The highest BCUT2D eigenvalue weighted by molar-refractivity contribution is 7.99. The van der Waals surface area contributed by atoms with Crippen LogP contribution in [0.4, 0.5) is 0 Å². The Balaban J connectivity index is 0.00000261. The number of benzene rings is 1. The van der Waals surface area contributed by atoms with Crippen molar-refractivity contribution in [1.82, 2.24) is 16.0 Å². The van der Waals surface area contributed by atoms with E-state index in [1.807, 2.05) is 43.0 Å². The molecule has 2 amide bonds. The molecule has 1 aromatic carbocycles. The van der Waals surface area contributed by atoms with E-state index in [0.717, 1.165) is 36.5 Å². The van der Waals surface area contributed by atoms with Crippen LogP contribution in [0.25, 0.3) is 0 Å². The van der Waals surface area contributed by atoms with Crippen molar-refractivity contribution >= 4 is 36.0 Å². The highest BCUT2D eigenvalue weighted by atomic mass is 35.5. The van der Waals surface area contributed by atoms with Gasteiger partial charge in [0.2, 0.25) is 5.91 Å². The standard InChI is InChI=1S/C19H27N3O3S.ClH/c1-13(21-18(23)10-16-12-26-9-8-20-16)14-2-6-17(7-3-14)25-11-19(24)22-15-4-5-15;/h2-3,6-7,13,15-16,20H,4-5,8-12H2,1H3,(H,21,23)(H,22,24);1H. The first-order valence-electron chi connectivity index (χ1n) is 9.23. The lowest BCUT2D eigenvalue weighted by atomic mass is 10.1. The second kappa shape index (κ2) is 10.8. The van der Waals surface area contributed by atoms with Crippen molar-refractivity contribution in [1.29, 1.82) is 0 Å². The minimum atomic E-state index is -0.0771. The molecule has 1 aromatic rings. The van der Waals surface area contributed by atoms with E-state index in [2.05, 4.69) is 16.0 Å². The highest BCUT2D eigenvalue weighted by Crippen LogP contribution is 2.20. The second-order valence-electron chi connectivity index (χ2n) is 6.92. The molecule has 3 N–H and O–H groups in total. The maximum atomic E-state index is 12.2. The fraction of sp³-hybridized carbons (Fsp3) is 0.579. The van der Waals surface area contributed by atoms with Gasteiger partial charge in [-0.15, -0.1) is 12.4 Å². The van der Waals surface area contributed by atoms with Crippen LogP contribution in [0.5, 0.6) is 5.75 Å². The second-order valence-corrected chi connectivity index (χ2v) is 8.07. The van der Waals surface area contributed by atoms with Gasteiger partial charge in [-0.3, -0.25) is 9.59 Å². The maximum Gasteiger partial charge on any atom is 0.258 e. The van der Waals surface area contributed by atoms with Crippen LogP contribution in [-0.4, -0.2) is 48.6 Å². The van der Waals surface area contributed by atoms with Crippen molar-refractivity contribution in [3.8, 4) is 5.75 Å². The molecule has 1 aliphatic heterocycles. The van der Waals surface area contributed by atoms with E-state index in [0.29, 0.717) is 18.2 Å². The molecule has 0 radical (unpaired) electrons. The third-order valence-corrected chi connectivity index (χ3v) is 5.63. The minimum absolute atomic E-state index is 0. The van der Waals surface area contributed by atoms with Gasteiger partial charge in [0.1, 0.15) is 5.75 Å². The summed E-state index contributed by atoms with van der Waals surface area (Å²) in [6.45, 7) is 2.98. The number of carbonyl (C=O) groups is 2. The molecule has 2 atom stereocenters. The van der Waals surface area contributed by atoms with Gasteiger partial charge in [0.25, 0.3) is 5.91 Å². The molecule has 1 saturated heterocycles. The summed E-state index contributed by atoms with van der Waals surface area (Å²) in [5.41, 5.74) is 1.01. The summed E-state index contributed by atoms with van der Waals surface area (Å²) in [6.07, 6.45) is 2.65. The van der Waals surface area contributed by atoms with Crippen molar-refractivity contribution in [2.24, 2.45) is 0 Å². The quantitative estimate of drug-likeness (QED) is 0.607. The molecule has 2 fully saturated rings. The number of ether oxygens (including phenoxy) is 1. The number of hydrogen-bond acceptors (Lipinski definition) is 5. The van der Waals surface area contributed by atoms with Crippen molar-refractivity contribution in [2.75, 3.05) is 24.7 Å². The van der Waals surface area contributed by atoms with Crippen LogP contribution in [0.1, 0.15) is 37.8 Å². The molecule has 6 nitrogen and oxygen atoms in total. The van der Waals surface area contributed by atoms with E-state index < -0.39 is 0 Å². The third kappa shape index (κ3) is 7.60. The maximum absolute atomic E-state index is 12.2. The van der Waals surface area contributed by atoms with Crippen molar-refractivity contribution in [3.05, 3.63) is 29.8 Å². The van der Waals surface area contributed by atoms with E-state index in [4.69, 9.17) is 4.74 Å². The third-order valence-electron chi connectivity index (χ3n) is 4.50. The smallest absolute Gasteiger partial charge is 0.258 e. The number of carbonyl (C=O) groups excluding carboxylic acids is 2. The lowest BCUT2D eigenvalue weighted by Gasteiger charge is -2.23. The number of halogens is 1. The Bertz CT molecular complexity index is 619. The zero-order valence-electron chi connectivity index (χ0n) is 15.5. The first-order chi connectivity index (χ1) is 12.6. The Hall–Kier alpha value is -1.44. The van der Waals surface area contributed by atoms with Gasteiger partial charge in [-0.2, -0.15) is 11.8 Å². The zero-order valence-corrected chi connectivity index (χ0v) is 17.2. The predicted molar refractivity (Wildman–Crippen MR) is 111 cm³/mol. The minimum Gasteiger partial charge on any atom is -0.484 e. The number of amides is 2. The van der Waals surface area contributed by atoms with E-state index >= 15 is 0 Å². The number of nitrogens with one attached hydrogen (secondary N) is 3. The number of hydrogen-bond donors (Lipinski definition) is 3. The van der Waals surface area contributed by atoms with Crippen molar-refractivity contribution < 1.29 is 14.3 Å². The van der Waals surface area contributed by atoms with Crippen LogP contribution in [0.15, 0.2) is 24.3 Å². The summed E-state index contributed by atoms with van der Waals surface area (Å²) < 4.78 is 5.50. The summed E-state index contributed by atoms with van der Waals surface area (Å²) in [5.74, 6) is 2.75. The van der Waals surface area contributed by atoms with Gasteiger partial charge in [0.05, 0.1) is 6.04 Å². The lowest BCUT2D eigenvalue weighted by molar-refractivity contribution is -0.123. The molecule has 0 aromatic heterocycles. The van der Waals surface area contributed by atoms with Crippen LogP contribution >= 0.6 is 24.2 Å². The normalized spacial score (nSPS) is 20.1. The molecule has 3 rings (SSSR count). The van der Waals surface area contributed by atoms with Gasteiger partial charge < -0.3 is 20.7 Å². The van der Waals surface area contributed by atoms with E-state index in [-0.39, 0.29) is 42.9 Å². The van der Waals surface area contributed by atoms with Crippen LogP contribution in [0.2, 0.25) is 0 Å². The molecule has 0 spiro atoms. The summed E-state index contributed by atoms with van der Waals surface area (Å²) in [7, 11) is 0. The molecular formula is C19H28ClN3O3S. The number of thioether (sulfide) groups is 1. The Morgan fingerprint density at radius 3 is 2.63 bits per heavy atom. The lowest BCUT2D eigenvalue weighted by Crippen LogP contribution is -2.41. The topological polar surface area (TPSA) is 79.5 Å². The Morgan fingerprint density at radius 1 is 1.26 bits per heavy atom. The van der Waals surface area contributed by atoms with Crippen LogP contribution in [-0.2, 0) is 9.59 Å². The average Bonchev–Trinajstić information content (AvgIpc) is 3.45. The zero-order chi connectivity index (χ0) is 18.4. The van der Waals surface area contributed by atoms with Gasteiger partial charge in [-0.1, -0.05) is 12.1 Å². The molecule has 1 heterocycles. The first kappa shape index (κ1) is 21.9. The Labute approximate surface area is 171 Å². The van der Waals surface area contributed by atoms with Gasteiger partial charge in [0, 0.05) is 36.6 Å². The van der Waals surface area contributed by atoms with Gasteiger partial charge in [0.15, 0.2) is 6.61 Å². The van der Waals surface area contributed by atoms with Gasteiger partial charge in [-0.25, -0.2) is 0 Å². The van der Waals surface area contributed by atoms with E-state index in [1.165, 1.54) is 0 Å². The van der Waals surface area contributed by atoms with Crippen LogP contribution in [0, 0.1) is 0 Å². The molecule has 2 aliphatic rings. The molecule has 8 heteroatoms. The Morgan fingerprint density at radius 2 is 2.00 bits per heavy atom. The van der Waals surface area contributed by atoms with Crippen LogP contribution in [0.3, 0.4) is 0 Å². The monoisotopic (exact) mass is 413 g/mol. The summed E-state index contributed by atoms with van der Waals surface area (Å²) in [4.78, 5) is 23.8. The molecule has 1 aliphatic carbocycles. The molecule has 150 valence electrons. The van der Waals surface area contributed by atoms with Gasteiger partial charge in [-0.05, 0) is 37.5 Å².